The minimum absolute atomic E-state index is 0.335. The zero-order chi connectivity index (χ0) is 10.3. The van der Waals surface area contributed by atoms with Crippen molar-refractivity contribution in [2.24, 2.45) is 0 Å². The van der Waals surface area contributed by atoms with E-state index in [1.54, 1.807) is 6.07 Å². The molecule has 3 nitrogen and oxygen atoms in total. The molecule has 0 saturated heterocycles. The topological polar surface area (TPSA) is 52.9 Å². The minimum atomic E-state index is -4.85. The molecular formula is C7H5F3N2O. The van der Waals surface area contributed by atoms with Crippen molar-refractivity contribution in [2.45, 2.75) is 6.18 Å². The third kappa shape index (κ3) is 5.49. The fraction of sp³-hybridized carbons (Fsp3) is 0.143. The van der Waals surface area contributed by atoms with Gasteiger partial charge in [0.2, 0.25) is 0 Å². The maximum atomic E-state index is 11.5. The van der Waals surface area contributed by atoms with Gasteiger partial charge < -0.3 is 5.32 Å². The smallest absolute Gasteiger partial charge is 0.367 e. The third-order valence-corrected chi connectivity index (χ3v) is 0.864. The quantitative estimate of drug-likeness (QED) is 0.538. The first kappa shape index (κ1) is 11.2. The van der Waals surface area contributed by atoms with Crippen molar-refractivity contribution in [1.29, 1.82) is 5.26 Å². The van der Waals surface area contributed by atoms with Crippen LogP contribution in [0.5, 0.6) is 0 Å². The highest BCUT2D eigenvalue weighted by atomic mass is 19.4. The molecule has 0 aromatic heterocycles. The predicted molar refractivity (Wildman–Crippen MR) is 38.1 cm³/mol. The second-order valence-electron chi connectivity index (χ2n) is 1.82. The lowest BCUT2D eigenvalue weighted by Gasteiger charge is -1.98. The van der Waals surface area contributed by atoms with Crippen LogP contribution in [0.2, 0.25) is 0 Å². The van der Waals surface area contributed by atoms with Crippen molar-refractivity contribution >= 4 is 5.78 Å². The maximum absolute atomic E-state index is 11.5. The van der Waals surface area contributed by atoms with Gasteiger partial charge in [-0.05, 0) is 0 Å². The van der Waals surface area contributed by atoms with Crippen molar-refractivity contribution in [1.82, 2.24) is 5.32 Å². The number of rotatable bonds is 3. The summed E-state index contributed by atoms with van der Waals surface area (Å²) in [4.78, 5) is 10.2. The van der Waals surface area contributed by atoms with Gasteiger partial charge in [0.15, 0.2) is 0 Å². The van der Waals surface area contributed by atoms with E-state index in [1.807, 2.05) is 0 Å². The lowest BCUT2D eigenvalue weighted by atomic mass is 10.4. The molecule has 0 aliphatic rings. The molecule has 6 heteroatoms. The first-order chi connectivity index (χ1) is 5.98. The zero-order valence-electron chi connectivity index (χ0n) is 6.30. The standard InChI is InChI=1S/C7H5F3N2O/c8-7(9,10)6(13)2-5-12-4-1-3-11/h1-2,4-5,12H. The van der Waals surface area contributed by atoms with E-state index in [0.29, 0.717) is 6.08 Å². The fourth-order valence-electron chi connectivity index (χ4n) is 0.359. The Morgan fingerprint density at radius 3 is 2.46 bits per heavy atom. The first-order valence-corrected chi connectivity index (χ1v) is 3.07. The summed E-state index contributed by atoms with van der Waals surface area (Å²) in [5, 5.41) is 10.1. The van der Waals surface area contributed by atoms with Gasteiger partial charge in [-0.2, -0.15) is 18.4 Å². The molecule has 0 saturated carbocycles. The lowest BCUT2D eigenvalue weighted by Crippen LogP contribution is -2.20. The molecule has 0 spiro atoms. The number of nitrogens with zero attached hydrogens (tertiary/aromatic N) is 1. The molecule has 0 aliphatic carbocycles. The first-order valence-electron chi connectivity index (χ1n) is 3.07. The van der Waals surface area contributed by atoms with Crippen LogP contribution in [0, 0.1) is 11.3 Å². The van der Waals surface area contributed by atoms with Gasteiger partial charge in [0.05, 0.1) is 6.07 Å². The number of hydrogen-bond acceptors (Lipinski definition) is 3. The summed E-state index contributed by atoms with van der Waals surface area (Å²) in [6.07, 6.45) is -1.61. The van der Waals surface area contributed by atoms with Gasteiger partial charge in [0.1, 0.15) is 0 Å². The van der Waals surface area contributed by atoms with E-state index in [-0.39, 0.29) is 0 Å². The highest BCUT2D eigenvalue weighted by Crippen LogP contribution is 2.15. The molecule has 0 fully saturated rings. The van der Waals surface area contributed by atoms with Crippen LogP contribution < -0.4 is 5.32 Å². The van der Waals surface area contributed by atoms with Crippen molar-refractivity contribution in [3.63, 3.8) is 0 Å². The van der Waals surface area contributed by atoms with Crippen molar-refractivity contribution in [3.05, 3.63) is 24.6 Å². The molecule has 0 radical (unpaired) electrons. The number of ketones is 1. The number of nitrogens with one attached hydrogen (secondary N) is 1. The Balaban J connectivity index is 3.95. The molecule has 13 heavy (non-hydrogen) atoms. The summed E-state index contributed by atoms with van der Waals surface area (Å²) in [5.74, 6) is -1.95. The Labute approximate surface area is 72.2 Å². The van der Waals surface area contributed by atoms with E-state index in [2.05, 4.69) is 5.32 Å². The van der Waals surface area contributed by atoms with Crippen LogP contribution in [0.15, 0.2) is 24.6 Å². The van der Waals surface area contributed by atoms with Gasteiger partial charge in [-0.3, -0.25) is 4.79 Å². The largest absolute Gasteiger partial charge is 0.454 e. The van der Waals surface area contributed by atoms with Crippen LogP contribution in [-0.2, 0) is 4.79 Å². The minimum Gasteiger partial charge on any atom is -0.367 e. The molecule has 70 valence electrons. The number of carbonyl (C=O) groups is 1. The molecule has 0 bridgehead atoms. The Kier molecular flexibility index (Phi) is 4.30. The Morgan fingerprint density at radius 2 is 2.00 bits per heavy atom. The van der Waals surface area contributed by atoms with E-state index >= 15 is 0 Å². The average Bonchev–Trinajstić information content (AvgIpc) is 2.02. The molecule has 0 aliphatic heterocycles. The summed E-state index contributed by atoms with van der Waals surface area (Å²) in [7, 11) is 0. The number of carbonyl (C=O) groups excluding carboxylic acids is 1. The molecule has 0 aromatic rings. The van der Waals surface area contributed by atoms with Crippen molar-refractivity contribution in [2.75, 3.05) is 0 Å². The molecule has 1 N–H and O–H groups in total. The fourth-order valence-corrected chi connectivity index (χ4v) is 0.359. The van der Waals surface area contributed by atoms with Gasteiger partial charge >= 0.3 is 6.18 Å². The highest BCUT2D eigenvalue weighted by Gasteiger charge is 2.35. The summed E-state index contributed by atoms with van der Waals surface area (Å²) in [6.45, 7) is 0. The molecule has 0 amide bonds. The second kappa shape index (κ2) is 4.98. The number of allylic oxidation sites excluding steroid dienone is 2. The Bertz CT molecular complexity index is 272. The van der Waals surface area contributed by atoms with E-state index in [9.17, 15) is 18.0 Å². The van der Waals surface area contributed by atoms with E-state index in [0.717, 1.165) is 18.5 Å². The molecule has 0 heterocycles. The van der Waals surface area contributed by atoms with Crippen LogP contribution in [0.1, 0.15) is 0 Å². The third-order valence-electron chi connectivity index (χ3n) is 0.864. The van der Waals surface area contributed by atoms with E-state index < -0.39 is 12.0 Å². The Hall–Kier alpha value is -1.77. The van der Waals surface area contributed by atoms with Gasteiger partial charge in [0.25, 0.3) is 5.78 Å². The van der Waals surface area contributed by atoms with Gasteiger partial charge in [-0.1, -0.05) is 0 Å². The maximum Gasteiger partial charge on any atom is 0.454 e. The molecule has 0 aromatic carbocycles. The van der Waals surface area contributed by atoms with Crippen LogP contribution in [0.4, 0.5) is 13.2 Å². The molecule has 0 rings (SSSR count). The highest BCUT2D eigenvalue weighted by molar-refractivity contribution is 5.94. The van der Waals surface area contributed by atoms with E-state index in [1.165, 1.54) is 0 Å². The van der Waals surface area contributed by atoms with Crippen molar-refractivity contribution < 1.29 is 18.0 Å². The van der Waals surface area contributed by atoms with Crippen LogP contribution in [0.25, 0.3) is 0 Å². The van der Waals surface area contributed by atoms with Crippen LogP contribution in [0.3, 0.4) is 0 Å². The van der Waals surface area contributed by atoms with Crippen LogP contribution in [-0.4, -0.2) is 12.0 Å². The lowest BCUT2D eigenvalue weighted by molar-refractivity contribution is -0.165. The number of alkyl halides is 3. The van der Waals surface area contributed by atoms with Crippen LogP contribution >= 0.6 is 0 Å². The molecular weight excluding hydrogens is 185 g/mol. The van der Waals surface area contributed by atoms with Gasteiger partial charge in [-0.15, -0.1) is 0 Å². The number of hydrogen-bond donors (Lipinski definition) is 1. The summed E-state index contributed by atoms with van der Waals surface area (Å²) in [5.41, 5.74) is 0. The Morgan fingerprint density at radius 1 is 1.38 bits per heavy atom. The monoisotopic (exact) mass is 190 g/mol. The summed E-state index contributed by atoms with van der Waals surface area (Å²) < 4.78 is 34.6. The molecule has 0 unspecified atom stereocenters. The second-order valence-corrected chi connectivity index (χ2v) is 1.82. The predicted octanol–water partition coefficient (Wildman–Crippen LogP) is 1.26. The number of halogens is 3. The normalized spacial score (nSPS) is 11.8. The van der Waals surface area contributed by atoms with Crippen molar-refractivity contribution in [3.8, 4) is 6.07 Å². The van der Waals surface area contributed by atoms with Gasteiger partial charge in [-0.25, -0.2) is 0 Å². The summed E-state index contributed by atoms with van der Waals surface area (Å²) >= 11 is 0. The molecule has 0 atom stereocenters. The summed E-state index contributed by atoms with van der Waals surface area (Å²) in [6, 6.07) is 1.60. The average molecular weight is 190 g/mol. The van der Waals surface area contributed by atoms with E-state index in [4.69, 9.17) is 5.26 Å². The van der Waals surface area contributed by atoms with Gasteiger partial charge in [0, 0.05) is 24.6 Å². The zero-order valence-corrected chi connectivity index (χ0v) is 6.30. The SMILES string of the molecule is N#CC=CNC=CC(=O)C(F)(F)F. The number of nitriles is 1.